The highest BCUT2D eigenvalue weighted by molar-refractivity contribution is 5.95. The molecule has 0 amide bonds. The first-order valence-electron chi connectivity index (χ1n) is 6.44. The normalized spacial score (nSPS) is 14.6. The largest absolute Gasteiger partial charge is 0.478 e. The van der Waals surface area contributed by atoms with Gasteiger partial charge in [-0.25, -0.2) is 4.79 Å². The van der Waals surface area contributed by atoms with Crippen molar-refractivity contribution >= 4 is 17.3 Å². The summed E-state index contributed by atoms with van der Waals surface area (Å²) < 4.78 is 0. The van der Waals surface area contributed by atoms with Crippen molar-refractivity contribution < 1.29 is 9.90 Å². The molecule has 2 rings (SSSR count). The summed E-state index contributed by atoms with van der Waals surface area (Å²) in [5.74, 6) is -0.954. The van der Waals surface area contributed by atoms with Crippen LogP contribution in [0.3, 0.4) is 0 Å². The van der Waals surface area contributed by atoms with Gasteiger partial charge in [0.15, 0.2) is 0 Å². The van der Waals surface area contributed by atoms with Crippen LogP contribution in [0.4, 0.5) is 11.4 Å². The van der Waals surface area contributed by atoms with E-state index in [1.807, 2.05) is 13.0 Å². The van der Waals surface area contributed by atoms with Crippen molar-refractivity contribution in [1.29, 1.82) is 0 Å². The Kier molecular flexibility index (Phi) is 3.45. The van der Waals surface area contributed by atoms with Gasteiger partial charge in [0.2, 0.25) is 0 Å². The monoisotopic (exact) mass is 248 g/mol. The van der Waals surface area contributed by atoms with Crippen molar-refractivity contribution in [2.45, 2.75) is 39.2 Å². The topological polar surface area (TPSA) is 66.6 Å². The maximum absolute atomic E-state index is 11.2. The summed E-state index contributed by atoms with van der Waals surface area (Å²) in [5.41, 5.74) is 8.24. The summed E-state index contributed by atoms with van der Waals surface area (Å²) in [6.07, 6.45) is 3.46. The van der Waals surface area contributed by atoms with Crippen molar-refractivity contribution in [3.63, 3.8) is 0 Å². The van der Waals surface area contributed by atoms with Gasteiger partial charge in [-0.2, -0.15) is 0 Å². The van der Waals surface area contributed by atoms with Crippen LogP contribution in [0.25, 0.3) is 0 Å². The minimum absolute atomic E-state index is 0.215. The molecule has 0 saturated heterocycles. The zero-order valence-corrected chi connectivity index (χ0v) is 10.9. The van der Waals surface area contributed by atoms with Gasteiger partial charge in [-0.3, -0.25) is 0 Å². The number of hydrogen-bond acceptors (Lipinski definition) is 3. The number of carbonyl (C=O) groups is 1. The number of aryl methyl sites for hydroxylation is 1. The molecular weight excluding hydrogens is 228 g/mol. The molecule has 1 aromatic rings. The maximum Gasteiger partial charge on any atom is 0.337 e. The van der Waals surface area contributed by atoms with Crippen LogP contribution in [0.5, 0.6) is 0 Å². The first-order chi connectivity index (χ1) is 8.54. The van der Waals surface area contributed by atoms with Crippen molar-refractivity contribution in [3.8, 4) is 0 Å². The second kappa shape index (κ2) is 4.88. The fourth-order valence-electron chi connectivity index (χ4n) is 2.27. The molecule has 0 aliphatic heterocycles. The Hall–Kier alpha value is -1.71. The van der Waals surface area contributed by atoms with E-state index in [-0.39, 0.29) is 5.56 Å². The Morgan fingerprint density at radius 2 is 2.17 bits per heavy atom. The third-order valence-corrected chi connectivity index (χ3v) is 3.39. The van der Waals surface area contributed by atoms with Crippen molar-refractivity contribution in [2.75, 3.05) is 17.2 Å². The van der Waals surface area contributed by atoms with Crippen LogP contribution in [0.15, 0.2) is 12.1 Å². The number of nitrogen functional groups attached to an aromatic ring is 1. The molecule has 4 heteroatoms. The van der Waals surface area contributed by atoms with Crippen molar-refractivity contribution in [1.82, 2.24) is 0 Å². The van der Waals surface area contributed by atoms with Gasteiger partial charge < -0.3 is 15.7 Å². The zero-order valence-electron chi connectivity index (χ0n) is 10.9. The lowest BCUT2D eigenvalue weighted by molar-refractivity contribution is 0.0698. The lowest BCUT2D eigenvalue weighted by Gasteiger charge is -2.25. The van der Waals surface area contributed by atoms with Gasteiger partial charge in [0.1, 0.15) is 0 Å². The minimum atomic E-state index is -0.954. The number of anilines is 2. The third-order valence-electron chi connectivity index (χ3n) is 3.39. The van der Waals surface area contributed by atoms with Crippen LogP contribution >= 0.6 is 0 Å². The molecule has 1 aliphatic rings. The Bertz CT molecular complexity index is 467. The molecule has 1 aliphatic carbocycles. The van der Waals surface area contributed by atoms with Crippen LogP contribution in [-0.4, -0.2) is 23.7 Å². The van der Waals surface area contributed by atoms with Crippen LogP contribution < -0.4 is 10.6 Å². The second-order valence-corrected chi connectivity index (χ2v) is 4.95. The lowest BCUT2D eigenvalue weighted by atomic mass is 10.1. The Balaban J connectivity index is 2.40. The first-order valence-corrected chi connectivity index (χ1v) is 6.44. The van der Waals surface area contributed by atoms with Gasteiger partial charge in [0, 0.05) is 24.0 Å². The van der Waals surface area contributed by atoms with E-state index < -0.39 is 5.97 Å². The lowest BCUT2D eigenvalue weighted by Crippen LogP contribution is -2.27. The summed E-state index contributed by atoms with van der Waals surface area (Å²) in [5, 5.41) is 9.18. The Morgan fingerprint density at radius 3 is 2.67 bits per heavy atom. The first kappa shape index (κ1) is 12.7. The van der Waals surface area contributed by atoms with Gasteiger partial charge in [-0.15, -0.1) is 0 Å². The zero-order chi connectivity index (χ0) is 13.3. The fraction of sp³-hybridized carbons (Fsp3) is 0.500. The molecule has 1 aromatic carbocycles. The van der Waals surface area contributed by atoms with Gasteiger partial charge in [0.05, 0.1) is 5.56 Å². The van der Waals surface area contributed by atoms with E-state index in [1.54, 1.807) is 6.07 Å². The molecule has 0 unspecified atom stereocenters. The molecule has 0 atom stereocenters. The number of benzene rings is 1. The van der Waals surface area contributed by atoms with Crippen molar-refractivity contribution in [2.24, 2.45) is 0 Å². The number of nitrogens with zero attached hydrogens (tertiary/aromatic N) is 1. The molecule has 3 N–H and O–H groups in total. The number of hydrogen-bond donors (Lipinski definition) is 2. The molecule has 18 heavy (non-hydrogen) atoms. The Labute approximate surface area is 107 Å². The van der Waals surface area contributed by atoms with E-state index in [1.165, 1.54) is 12.8 Å². The van der Waals surface area contributed by atoms with Gasteiger partial charge in [-0.1, -0.05) is 6.92 Å². The second-order valence-electron chi connectivity index (χ2n) is 4.95. The van der Waals surface area contributed by atoms with Crippen LogP contribution in [0, 0.1) is 6.92 Å². The van der Waals surface area contributed by atoms with Crippen LogP contribution in [0.1, 0.15) is 42.1 Å². The molecule has 0 heterocycles. The standard InChI is InChI=1S/C14H20N2O2/c1-3-6-16(10-4-5-10)11-7-9(2)13(15)12(8-11)14(17)18/h7-8,10H,3-6,15H2,1-2H3,(H,17,18). The predicted molar refractivity (Wildman–Crippen MR) is 73.2 cm³/mol. The summed E-state index contributed by atoms with van der Waals surface area (Å²) in [4.78, 5) is 13.5. The number of carboxylic acids is 1. The summed E-state index contributed by atoms with van der Waals surface area (Å²) >= 11 is 0. The van der Waals surface area contributed by atoms with E-state index in [0.717, 1.165) is 24.2 Å². The maximum atomic E-state index is 11.2. The highest BCUT2D eigenvalue weighted by Crippen LogP contribution is 2.34. The number of rotatable bonds is 5. The van der Waals surface area contributed by atoms with E-state index in [9.17, 15) is 9.90 Å². The van der Waals surface area contributed by atoms with Crippen LogP contribution in [0.2, 0.25) is 0 Å². The fourth-order valence-corrected chi connectivity index (χ4v) is 2.27. The molecule has 0 radical (unpaired) electrons. The van der Waals surface area contributed by atoms with E-state index >= 15 is 0 Å². The van der Waals surface area contributed by atoms with Crippen LogP contribution in [-0.2, 0) is 0 Å². The molecule has 1 saturated carbocycles. The summed E-state index contributed by atoms with van der Waals surface area (Å²) in [6.45, 7) is 4.97. The molecule has 0 bridgehead atoms. The smallest absolute Gasteiger partial charge is 0.337 e. The van der Waals surface area contributed by atoms with Crippen molar-refractivity contribution in [3.05, 3.63) is 23.3 Å². The predicted octanol–water partition coefficient (Wildman–Crippen LogP) is 2.65. The molecule has 0 spiro atoms. The molecule has 4 nitrogen and oxygen atoms in total. The SMILES string of the molecule is CCCN(c1cc(C)c(N)c(C(=O)O)c1)C1CC1. The third kappa shape index (κ3) is 2.42. The minimum Gasteiger partial charge on any atom is -0.478 e. The average Bonchev–Trinajstić information content (AvgIpc) is 3.13. The quantitative estimate of drug-likeness (QED) is 0.786. The van der Waals surface area contributed by atoms with Gasteiger partial charge in [0.25, 0.3) is 0 Å². The van der Waals surface area contributed by atoms with E-state index in [0.29, 0.717) is 11.7 Å². The molecule has 0 aromatic heterocycles. The summed E-state index contributed by atoms with van der Waals surface area (Å²) in [6, 6.07) is 4.28. The van der Waals surface area contributed by atoms with E-state index in [2.05, 4.69) is 11.8 Å². The molecule has 98 valence electrons. The summed E-state index contributed by atoms with van der Waals surface area (Å²) in [7, 11) is 0. The highest BCUT2D eigenvalue weighted by atomic mass is 16.4. The molecule has 1 fully saturated rings. The number of aromatic carboxylic acids is 1. The molecular formula is C14H20N2O2. The Morgan fingerprint density at radius 1 is 1.50 bits per heavy atom. The highest BCUT2D eigenvalue weighted by Gasteiger charge is 2.29. The average molecular weight is 248 g/mol. The number of nitrogens with two attached hydrogens (primary N) is 1. The van der Waals surface area contributed by atoms with Gasteiger partial charge >= 0.3 is 5.97 Å². The van der Waals surface area contributed by atoms with Gasteiger partial charge in [-0.05, 0) is 43.9 Å². The van der Waals surface area contributed by atoms with E-state index in [4.69, 9.17) is 5.73 Å². The number of carboxylic acid groups (broad SMARTS) is 1.